The fourth-order valence-electron chi connectivity index (χ4n) is 3.02. The average Bonchev–Trinajstić information content (AvgIpc) is 3.27. The molecule has 29 heavy (non-hydrogen) atoms. The molecule has 1 aliphatic heterocycles. The summed E-state index contributed by atoms with van der Waals surface area (Å²) < 4.78 is 1.78. The number of amides is 3. The van der Waals surface area contributed by atoms with Crippen LogP contribution in [0.25, 0.3) is 11.8 Å². The standard InChI is InChI=1S/C21H14ClN3O4/c22-14-5-9-16(10-6-14)25-19(26)18(23-21(25)29)12-17-2-1-11-24(17)15-7-3-13(4-8-15)20(27)28/h1-12H,(H,23,29)(H,27,28)/b18-12+. The molecule has 3 aromatic rings. The van der Waals surface area contributed by atoms with E-state index in [2.05, 4.69) is 5.32 Å². The van der Waals surface area contributed by atoms with E-state index in [1.54, 1.807) is 65.4 Å². The van der Waals surface area contributed by atoms with Crippen molar-refractivity contribution < 1.29 is 19.5 Å². The van der Waals surface area contributed by atoms with Gasteiger partial charge >= 0.3 is 12.0 Å². The zero-order chi connectivity index (χ0) is 20.5. The van der Waals surface area contributed by atoms with Gasteiger partial charge in [-0.1, -0.05) is 11.6 Å². The predicted molar refractivity (Wildman–Crippen MR) is 108 cm³/mol. The molecule has 0 unspecified atom stereocenters. The van der Waals surface area contributed by atoms with Gasteiger partial charge in [0.15, 0.2) is 0 Å². The van der Waals surface area contributed by atoms with Crippen molar-refractivity contribution in [2.24, 2.45) is 0 Å². The molecule has 0 bridgehead atoms. The number of benzene rings is 2. The number of anilines is 1. The molecular formula is C21H14ClN3O4. The topological polar surface area (TPSA) is 91.6 Å². The second kappa shape index (κ2) is 7.29. The SMILES string of the molecule is O=C(O)c1ccc(-n2cccc2/C=C2/NC(=O)N(c3ccc(Cl)cc3)C2=O)cc1. The Balaban J connectivity index is 1.65. The number of halogens is 1. The van der Waals surface area contributed by atoms with E-state index in [-0.39, 0.29) is 11.3 Å². The summed E-state index contributed by atoms with van der Waals surface area (Å²) in [6.45, 7) is 0. The number of nitrogens with zero attached hydrogens (tertiary/aromatic N) is 2. The highest BCUT2D eigenvalue weighted by atomic mass is 35.5. The lowest BCUT2D eigenvalue weighted by Gasteiger charge is -2.11. The third kappa shape index (κ3) is 3.51. The number of carboxylic acids is 1. The van der Waals surface area contributed by atoms with Gasteiger partial charge in [0.1, 0.15) is 5.70 Å². The van der Waals surface area contributed by atoms with Crippen LogP contribution >= 0.6 is 11.6 Å². The third-order valence-electron chi connectivity index (χ3n) is 4.43. The Morgan fingerprint density at radius 1 is 0.966 bits per heavy atom. The number of hydrogen-bond acceptors (Lipinski definition) is 3. The van der Waals surface area contributed by atoms with Crippen LogP contribution < -0.4 is 10.2 Å². The van der Waals surface area contributed by atoms with Crippen LogP contribution in [0.15, 0.2) is 72.6 Å². The second-order valence-corrected chi connectivity index (χ2v) is 6.70. The van der Waals surface area contributed by atoms with Crippen LogP contribution in [0, 0.1) is 0 Å². The first-order valence-electron chi connectivity index (χ1n) is 8.58. The normalized spacial score (nSPS) is 15.1. The molecule has 2 N–H and O–H groups in total. The molecule has 2 aromatic carbocycles. The number of hydrogen-bond donors (Lipinski definition) is 2. The molecule has 1 fully saturated rings. The molecule has 2 heterocycles. The number of rotatable bonds is 4. The summed E-state index contributed by atoms with van der Waals surface area (Å²) in [4.78, 5) is 37.1. The van der Waals surface area contributed by atoms with Crippen LogP contribution in [0.3, 0.4) is 0 Å². The van der Waals surface area contributed by atoms with Crippen LogP contribution in [0.4, 0.5) is 10.5 Å². The van der Waals surface area contributed by atoms with Crippen molar-refractivity contribution in [2.45, 2.75) is 0 Å². The first-order chi connectivity index (χ1) is 13.9. The van der Waals surface area contributed by atoms with Gasteiger partial charge in [-0.15, -0.1) is 0 Å². The number of urea groups is 1. The maximum atomic E-state index is 12.8. The lowest BCUT2D eigenvalue weighted by Crippen LogP contribution is -2.30. The van der Waals surface area contributed by atoms with Crippen LogP contribution in [0.2, 0.25) is 5.02 Å². The Labute approximate surface area is 170 Å². The van der Waals surface area contributed by atoms with E-state index in [1.165, 1.54) is 12.1 Å². The molecule has 0 aliphatic carbocycles. The average molecular weight is 408 g/mol. The Morgan fingerprint density at radius 3 is 2.28 bits per heavy atom. The molecule has 1 aromatic heterocycles. The highest BCUT2D eigenvalue weighted by Gasteiger charge is 2.35. The number of aromatic carboxylic acids is 1. The summed E-state index contributed by atoms with van der Waals surface area (Å²) in [5.74, 6) is -1.49. The van der Waals surface area contributed by atoms with Gasteiger partial charge in [0.25, 0.3) is 5.91 Å². The lowest BCUT2D eigenvalue weighted by atomic mass is 10.2. The van der Waals surface area contributed by atoms with Gasteiger partial charge in [-0.05, 0) is 66.7 Å². The van der Waals surface area contributed by atoms with E-state index in [1.807, 2.05) is 0 Å². The maximum Gasteiger partial charge on any atom is 0.335 e. The molecule has 4 rings (SSSR count). The molecule has 1 aliphatic rings. The fourth-order valence-corrected chi connectivity index (χ4v) is 3.15. The lowest BCUT2D eigenvalue weighted by molar-refractivity contribution is -0.113. The summed E-state index contributed by atoms with van der Waals surface area (Å²) in [7, 11) is 0. The molecule has 1 saturated heterocycles. The van der Waals surface area contributed by atoms with E-state index in [0.717, 1.165) is 10.6 Å². The van der Waals surface area contributed by atoms with E-state index >= 15 is 0 Å². The number of carbonyl (C=O) groups is 3. The number of carbonyl (C=O) groups excluding carboxylic acids is 2. The number of carboxylic acid groups (broad SMARTS) is 1. The van der Waals surface area contributed by atoms with Crippen molar-refractivity contribution in [1.82, 2.24) is 9.88 Å². The summed E-state index contributed by atoms with van der Waals surface area (Å²) in [6.07, 6.45) is 3.35. The van der Waals surface area contributed by atoms with Gasteiger partial charge in [0, 0.05) is 22.6 Å². The number of aromatic nitrogens is 1. The highest BCUT2D eigenvalue weighted by molar-refractivity contribution is 6.31. The highest BCUT2D eigenvalue weighted by Crippen LogP contribution is 2.24. The molecule has 3 amide bonds. The van der Waals surface area contributed by atoms with Crippen LogP contribution in [0.5, 0.6) is 0 Å². The van der Waals surface area contributed by atoms with Gasteiger partial charge in [-0.2, -0.15) is 0 Å². The van der Waals surface area contributed by atoms with Crippen molar-refractivity contribution in [3.8, 4) is 5.69 Å². The van der Waals surface area contributed by atoms with Crippen molar-refractivity contribution in [3.05, 3.63) is 88.8 Å². The monoisotopic (exact) mass is 407 g/mol. The van der Waals surface area contributed by atoms with Crippen LogP contribution in [-0.2, 0) is 4.79 Å². The summed E-state index contributed by atoms with van der Waals surface area (Å²) >= 11 is 5.87. The van der Waals surface area contributed by atoms with Gasteiger partial charge in [-0.3, -0.25) is 4.79 Å². The van der Waals surface area contributed by atoms with Crippen molar-refractivity contribution in [3.63, 3.8) is 0 Å². The zero-order valence-corrected chi connectivity index (χ0v) is 15.6. The van der Waals surface area contributed by atoms with E-state index in [0.29, 0.717) is 16.4 Å². The van der Waals surface area contributed by atoms with Crippen LogP contribution in [-0.4, -0.2) is 27.6 Å². The van der Waals surface area contributed by atoms with E-state index in [4.69, 9.17) is 16.7 Å². The largest absolute Gasteiger partial charge is 0.478 e. The van der Waals surface area contributed by atoms with Gasteiger partial charge in [-0.25, -0.2) is 14.5 Å². The molecule has 8 heteroatoms. The van der Waals surface area contributed by atoms with Crippen LogP contribution in [0.1, 0.15) is 16.1 Å². The molecular weight excluding hydrogens is 394 g/mol. The van der Waals surface area contributed by atoms with E-state index < -0.39 is 17.9 Å². The van der Waals surface area contributed by atoms with Crippen molar-refractivity contribution in [2.75, 3.05) is 4.90 Å². The Hall–Kier alpha value is -3.84. The first-order valence-corrected chi connectivity index (χ1v) is 8.95. The minimum atomic E-state index is -1.01. The molecule has 7 nitrogen and oxygen atoms in total. The van der Waals surface area contributed by atoms with Gasteiger partial charge in [0.2, 0.25) is 0 Å². The summed E-state index contributed by atoms with van der Waals surface area (Å²) in [5.41, 5.74) is 2.09. The zero-order valence-electron chi connectivity index (χ0n) is 14.9. The number of imide groups is 1. The summed E-state index contributed by atoms with van der Waals surface area (Å²) in [5, 5.41) is 12.1. The minimum absolute atomic E-state index is 0.132. The first kappa shape index (κ1) is 18.5. The van der Waals surface area contributed by atoms with Gasteiger partial charge in [0.05, 0.1) is 11.3 Å². The second-order valence-electron chi connectivity index (χ2n) is 6.26. The maximum absolute atomic E-state index is 12.8. The molecule has 144 valence electrons. The Kier molecular flexibility index (Phi) is 4.66. The quantitative estimate of drug-likeness (QED) is 0.506. The summed E-state index contributed by atoms with van der Waals surface area (Å²) in [6, 6.07) is 15.7. The predicted octanol–water partition coefficient (Wildman–Crippen LogP) is 3.93. The Bertz CT molecular complexity index is 1150. The van der Waals surface area contributed by atoms with Crippen molar-refractivity contribution >= 4 is 41.3 Å². The fraction of sp³-hybridized carbons (Fsp3) is 0. The molecule has 0 spiro atoms. The molecule has 0 saturated carbocycles. The molecule has 0 atom stereocenters. The smallest absolute Gasteiger partial charge is 0.335 e. The van der Waals surface area contributed by atoms with Crippen molar-refractivity contribution in [1.29, 1.82) is 0 Å². The number of nitrogens with one attached hydrogen (secondary N) is 1. The minimum Gasteiger partial charge on any atom is -0.478 e. The Morgan fingerprint density at radius 2 is 1.62 bits per heavy atom. The third-order valence-corrected chi connectivity index (χ3v) is 4.68. The van der Waals surface area contributed by atoms with E-state index in [9.17, 15) is 14.4 Å². The van der Waals surface area contributed by atoms with Gasteiger partial charge < -0.3 is 15.0 Å². The molecule has 0 radical (unpaired) electrons.